The third-order valence-electron chi connectivity index (χ3n) is 4.24. The van der Waals surface area contributed by atoms with E-state index in [1.165, 1.54) is 3.97 Å². The fraction of sp³-hybridized carbons (Fsp3) is 0.167. The summed E-state index contributed by atoms with van der Waals surface area (Å²) < 4.78 is 27.4. The predicted octanol–water partition coefficient (Wildman–Crippen LogP) is 3.98. The number of hydrogen-bond acceptors (Lipinski definition) is 4. The Morgan fingerprint density at radius 1 is 1.12 bits per heavy atom. The summed E-state index contributed by atoms with van der Waals surface area (Å²) in [5.74, 6) is 0. The number of aryl methyl sites for hydroxylation is 2. The molecule has 24 heavy (non-hydrogen) atoms. The molecule has 0 bridgehead atoms. The van der Waals surface area contributed by atoms with Gasteiger partial charge in [-0.3, -0.25) is 0 Å². The van der Waals surface area contributed by atoms with Crippen LogP contribution in [0.2, 0.25) is 0 Å². The molecular weight excluding hydrogens is 340 g/mol. The molecule has 2 heterocycles. The Balaban J connectivity index is 1.82. The van der Waals surface area contributed by atoms with Gasteiger partial charge in [0.05, 0.1) is 10.6 Å². The predicted molar refractivity (Wildman–Crippen MR) is 96.5 cm³/mol. The molecule has 0 N–H and O–H groups in total. The molecule has 0 radical (unpaired) electrons. The molecule has 1 aromatic carbocycles. The molecule has 4 rings (SSSR count). The van der Waals surface area contributed by atoms with Crippen molar-refractivity contribution in [1.82, 2.24) is 8.96 Å². The second kappa shape index (κ2) is 5.72. The quantitative estimate of drug-likeness (QED) is 0.713. The minimum absolute atomic E-state index is 0.307. The maximum absolute atomic E-state index is 13.0. The Labute approximate surface area is 145 Å². The first-order valence-corrected chi connectivity index (χ1v) is 10.0. The molecule has 0 amide bonds. The van der Waals surface area contributed by atoms with Gasteiger partial charge in [-0.2, -0.15) is 0 Å². The van der Waals surface area contributed by atoms with Crippen LogP contribution in [-0.4, -0.2) is 17.4 Å². The molecule has 3 aromatic rings. The van der Waals surface area contributed by atoms with Crippen molar-refractivity contribution in [2.45, 2.75) is 24.7 Å². The number of benzene rings is 1. The van der Waals surface area contributed by atoms with E-state index in [9.17, 15) is 8.42 Å². The highest BCUT2D eigenvalue weighted by molar-refractivity contribution is 7.90. The van der Waals surface area contributed by atoms with Crippen LogP contribution in [0.15, 0.2) is 53.0 Å². The van der Waals surface area contributed by atoms with E-state index < -0.39 is 10.0 Å². The molecule has 0 saturated heterocycles. The molecule has 0 aliphatic heterocycles. The van der Waals surface area contributed by atoms with Crippen molar-refractivity contribution >= 4 is 33.0 Å². The number of thiazole rings is 1. The van der Waals surface area contributed by atoms with Gasteiger partial charge in [-0.05, 0) is 55.2 Å². The average molecular weight is 356 g/mol. The van der Waals surface area contributed by atoms with E-state index in [-0.39, 0.29) is 0 Å². The summed E-state index contributed by atoms with van der Waals surface area (Å²) in [5, 5.41) is 2.90. The number of fused-ring (bicyclic) bond motifs is 1. The van der Waals surface area contributed by atoms with Crippen molar-refractivity contribution in [3.05, 3.63) is 69.9 Å². The SMILES string of the molecule is Cc1ccc(S(=O)(=O)n2ccc3c2C=C(c2nccs2)CC3)cc1. The van der Waals surface area contributed by atoms with E-state index in [1.807, 2.05) is 36.6 Å². The first-order valence-electron chi connectivity index (χ1n) is 7.68. The maximum atomic E-state index is 13.0. The first-order chi connectivity index (χ1) is 11.6. The van der Waals surface area contributed by atoms with Gasteiger partial charge in [0, 0.05) is 17.8 Å². The van der Waals surface area contributed by atoms with Crippen LogP contribution in [0.1, 0.15) is 28.2 Å². The molecule has 2 aromatic heterocycles. The highest BCUT2D eigenvalue weighted by Crippen LogP contribution is 2.33. The van der Waals surface area contributed by atoms with Gasteiger partial charge in [-0.15, -0.1) is 11.3 Å². The normalized spacial score (nSPS) is 14.3. The Hall–Kier alpha value is -2.18. The van der Waals surface area contributed by atoms with Crippen LogP contribution < -0.4 is 0 Å². The van der Waals surface area contributed by atoms with Crippen molar-refractivity contribution < 1.29 is 8.42 Å². The number of allylic oxidation sites excluding steroid dienone is 1. The first kappa shape index (κ1) is 15.4. The molecule has 122 valence electrons. The van der Waals surface area contributed by atoms with Crippen molar-refractivity contribution in [3.8, 4) is 0 Å². The summed E-state index contributed by atoms with van der Waals surface area (Å²) in [4.78, 5) is 4.66. The summed E-state index contributed by atoms with van der Waals surface area (Å²) in [6.45, 7) is 1.94. The zero-order valence-corrected chi connectivity index (χ0v) is 14.8. The lowest BCUT2D eigenvalue weighted by atomic mass is 9.98. The van der Waals surface area contributed by atoms with E-state index in [1.54, 1.807) is 35.9 Å². The van der Waals surface area contributed by atoms with Gasteiger partial charge >= 0.3 is 0 Å². The number of nitrogens with zero attached hydrogens (tertiary/aromatic N) is 2. The molecule has 1 aliphatic carbocycles. The molecular formula is C18H16N2O2S2. The highest BCUT2D eigenvalue weighted by Gasteiger charge is 2.24. The Kier molecular flexibility index (Phi) is 3.66. The van der Waals surface area contributed by atoms with Crippen LogP contribution in [0.25, 0.3) is 11.6 Å². The van der Waals surface area contributed by atoms with Gasteiger partial charge in [0.1, 0.15) is 5.01 Å². The monoisotopic (exact) mass is 356 g/mol. The molecule has 1 aliphatic rings. The van der Waals surface area contributed by atoms with Crippen LogP contribution in [-0.2, 0) is 16.4 Å². The summed E-state index contributed by atoms with van der Waals surface area (Å²) >= 11 is 1.58. The van der Waals surface area contributed by atoms with Crippen LogP contribution in [0.3, 0.4) is 0 Å². The van der Waals surface area contributed by atoms with E-state index in [0.717, 1.165) is 40.2 Å². The molecule has 0 fully saturated rings. The Bertz CT molecular complexity index is 1010. The lowest BCUT2D eigenvalue weighted by Gasteiger charge is -2.15. The second-order valence-corrected chi connectivity index (χ2v) is 8.56. The molecule has 0 atom stereocenters. The average Bonchev–Trinajstić information content (AvgIpc) is 3.24. The zero-order valence-electron chi connectivity index (χ0n) is 13.1. The van der Waals surface area contributed by atoms with Crippen molar-refractivity contribution in [1.29, 1.82) is 0 Å². The minimum Gasteiger partial charge on any atom is -0.245 e. The molecule has 4 nitrogen and oxygen atoms in total. The topological polar surface area (TPSA) is 52.0 Å². The van der Waals surface area contributed by atoms with Gasteiger partial charge in [0.25, 0.3) is 10.0 Å². The third kappa shape index (κ3) is 2.52. The standard InChI is InChI=1S/C18H16N2O2S2/c1-13-2-6-16(7-3-13)24(21,22)20-10-8-14-4-5-15(12-17(14)20)18-19-9-11-23-18/h2-3,6-12H,4-5H2,1H3. The van der Waals surface area contributed by atoms with E-state index in [2.05, 4.69) is 4.98 Å². The van der Waals surface area contributed by atoms with Crippen molar-refractivity contribution in [2.24, 2.45) is 0 Å². The van der Waals surface area contributed by atoms with Crippen LogP contribution >= 0.6 is 11.3 Å². The van der Waals surface area contributed by atoms with Crippen LogP contribution in [0.4, 0.5) is 0 Å². The number of hydrogen-bond donors (Lipinski definition) is 0. The maximum Gasteiger partial charge on any atom is 0.268 e. The largest absolute Gasteiger partial charge is 0.268 e. The molecule has 0 spiro atoms. The summed E-state index contributed by atoms with van der Waals surface area (Å²) in [5.41, 5.74) is 3.93. The van der Waals surface area contributed by atoms with Gasteiger partial charge in [0.2, 0.25) is 0 Å². The van der Waals surface area contributed by atoms with Gasteiger partial charge in [0.15, 0.2) is 0 Å². The van der Waals surface area contributed by atoms with Crippen molar-refractivity contribution in [3.63, 3.8) is 0 Å². The van der Waals surface area contributed by atoms with Gasteiger partial charge in [-0.25, -0.2) is 17.4 Å². The van der Waals surface area contributed by atoms with Gasteiger partial charge < -0.3 is 0 Å². The lowest BCUT2D eigenvalue weighted by molar-refractivity contribution is 0.587. The Morgan fingerprint density at radius 3 is 2.62 bits per heavy atom. The Morgan fingerprint density at radius 2 is 1.92 bits per heavy atom. The summed E-state index contributed by atoms with van der Waals surface area (Å²) in [6, 6.07) is 8.85. The zero-order chi connectivity index (χ0) is 16.7. The molecule has 6 heteroatoms. The smallest absolute Gasteiger partial charge is 0.245 e. The van der Waals surface area contributed by atoms with Crippen LogP contribution in [0, 0.1) is 6.92 Å². The highest BCUT2D eigenvalue weighted by atomic mass is 32.2. The third-order valence-corrected chi connectivity index (χ3v) is 6.79. The van der Waals surface area contributed by atoms with Gasteiger partial charge in [-0.1, -0.05) is 17.7 Å². The summed E-state index contributed by atoms with van der Waals surface area (Å²) in [6.07, 6.45) is 7.11. The number of rotatable bonds is 3. The van der Waals surface area contributed by atoms with Crippen molar-refractivity contribution in [2.75, 3.05) is 0 Å². The lowest BCUT2D eigenvalue weighted by Crippen LogP contribution is -2.15. The van der Waals surface area contributed by atoms with E-state index in [4.69, 9.17) is 0 Å². The fourth-order valence-electron chi connectivity index (χ4n) is 2.92. The fourth-order valence-corrected chi connectivity index (χ4v) is 4.97. The number of aromatic nitrogens is 2. The minimum atomic E-state index is -3.59. The summed E-state index contributed by atoms with van der Waals surface area (Å²) in [7, 11) is -3.59. The second-order valence-electron chi connectivity index (χ2n) is 5.85. The van der Waals surface area contributed by atoms with E-state index in [0.29, 0.717) is 4.90 Å². The molecule has 0 unspecified atom stereocenters. The van der Waals surface area contributed by atoms with Crippen LogP contribution in [0.5, 0.6) is 0 Å². The van der Waals surface area contributed by atoms with E-state index >= 15 is 0 Å². The molecule has 0 saturated carbocycles.